The van der Waals surface area contributed by atoms with Crippen LogP contribution in [0.1, 0.15) is 32.1 Å². The first-order valence-corrected chi connectivity index (χ1v) is 6.37. The SMILES string of the molecule is C=CCOC(=O)N1CCCCC12CC(C(=O)O)C2. The second-order valence-corrected chi connectivity index (χ2v) is 5.14. The van der Waals surface area contributed by atoms with Crippen LogP contribution in [0.15, 0.2) is 12.7 Å². The molecule has 18 heavy (non-hydrogen) atoms. The fourth-order valence-corrected chi connectivity index (χ4v) is 3.05. The molecule has 0 atom stereocenters. The normalized spacial score (nSPS) is 30.7. The van der Waals surface area contributed by atoms with Crippen molar-refractivity contribution in [1.29, 1.82) is 0 Å². The van der Waals surface area contributed by atoms with Gasteiger partial charge in [-0.3, -0.25) is 4.79 Å². The van der Waals surface area contributed by atoms with Gasteiger partial charge in [0.1, 0.15) is 6.61 Å². The Labute approximate surface area is 106 Å². The first kappa shape index (κ1) is 12.9. The van der Waals surface area contributed by atoms with Crippen LogP contribution in [0, 0.1) is 5.92 Å². The van der Waals surface area contributed by atoms with E-state index in [4.69, 9.17) is 9.84 Å². The summed E-state index contributed by atoms with van der Waals surface area (Å²) in [6, 6.07) is 0. The fourth-order valence-electron chi connectivity index (χ4n) is 3.05. The number of piperidine rings is 1. The van der Waals surface area contributed by atoms with Crippen molar-refractivity contribution in [2.24, 2.45) is 5.92 Å². The summed E-state index contributed by atoms with van der Waals surface area (Å²) in [6.07, 6.45) is 5.23. The molecule has 0 aromatic carbocycles. The van der Waals surface area contributed by atoms with Gasteiger partial charge in [-0.25, -0.2) is 4.79 Å². The summed E-state index contributed by atoms with van der Waals surface area (Å²) in [5.74, 6) is -1.07. The van der Waals surface area contributed by atoms with E-state index in [1.807, 2.05) is 0 Å². The summed E-state index contributed by atoms with van der Waals surface area (Å²) in [7, 11) is 0. The maximum Gasteiger partial charge on any atom is 0.410 e. The number of nitrogens with zero attached hydrogens (tertiary/aromatic N) is 1. The Morgan fingerprint density at radius 1 is 1.44 bits per heavy atom. The first-order valence-electron chi connectivity index (χ1n) is 6.37. The lowest BCUT2D eigenvalue weighted by Gasteiger charge is -2.54. The van der Waals surface area contributed by atoms with Crippen molar-refractivity contribution in [1.82, 2.24) is 4.90 Å². The number of amides is 1. The van der Waals surface area contributed by atoms with Gasteiger partial charge < -0.3 is 14.7 Å². The Morgan fingerprint density at radius 2 is 2.17 bits per heavy atom. The van der Waals surface area contributed by atoms with E-state index < -0.39 is 5.97 Å². The molecule has 1 aliphatic heterocycles. The summed E-state index contributed by atoms with van der Waals surface area (Å²) >= 11 is 0. The third kappa shape index (κ3) is 2.21. The van der Waals surface area contributed by atoms with Crippen molar-refractivity contribution in [3.8, 4) is 0 Å². The molecule has 1 saturated heterocycles. The lowest BCUT2D eigenvalue weighted by atomic mass is 9.63. The lowest BCUT2D eigenvalue weighted by molar-refractivity contribution is -0.153. The number of likely N-dealkylation sites (tertiary alicyclic amines) is 1. The van der Waals surface area contributed by atoms with Gasteiger partial charge >= 0.3 is 12.1 Å². The van der Waals surface area contributed by atoms with Crippen LogP contribution in [0.2, 0.25) is 0 Å². The van der Waals surface area contributed by atoms with E-state index in [1.54, 1.807) is 4.90 Å². The van der Waals surface area contributed by atoms with Gasteiger partial charge in [-0.05, 0) is 32.1 Å². The molecule has 0 unspecified atom stereocenters. The Hall–Kier alpha value is -1.52. The highest BCUT2D eigenvalue weighted by molar-refractivity contribution is 5.74. The molecule has 2 aliphatic rings. The summed E-state index contributed by atoms with van der Waals surface area (Å²) in [6.45, 7) is 4.38. The van der Waals surface area contributed by atoms with Crippen LogP contribution in [0.25, 0.3) is 0 Å². The molecule has 1 N–H and O–H groups in total. The molecule has 1 spiro atoms. The Morgan fingerprint density at radius 3 is 2.78 bits per heavy atom. The number of ether oxygens (including phenoxy) is 1. The van der Waals surface area contributed by atoms with Crippen molar-refractivity contribution in [3.63, 3.8) is 0 Å². The maximum atomic E-state index is 12.0. The van der Waals surface area contributed by atoms with Crippen molar-refractivity contribution in [2.75, 3.05) is 13.2 Å². The monoisotopic (exact) mass is 253 g/mol. The number of carbonyl (C=O) groups is 2. The molecule has 5 nitrogen and oxygen atoms in total. The summed E-state index contributed by atoms with van der Waals surface area (Å²) in [5, 5.41) is 8.97. The summed E-state index contributed by atoms with van der Waals surface area (Å²) < 4.78 is 5.08. The van der Waals surface area contributed by atoms with Crippen LogP contribution < -0.4 is 0 Å². The molecule has 2 rings (SSSR count). The maximum absolute atomic E-state index is 12.0. The summed E-state index contributed by atoms with van der Waals surface area (Å²) in [4.78, 5) is 24.6. The zero-order chi connectivity index (χ0) is 13.2. The molecule has 1 saturated carbocycles. The highest BCUT2D eigenvalue weighted by Gasteiger charge is 2.53. The smallest absolute Gasteiger partial charge is 0.410 e. The fraction of sp³-hybridized carbons (Fsp3) is 0.692. The number of carboxylic acids is 1. The molecule has 0 aromatic rings. The zero-order valence-electron chi connectivity index (χ0n) is 10.4. The highest BCUT2D eigenvalue weighted by Crippen LogP contribution is 2.48. The molecule has 0 aromatic heterocycles. The van der Waals surface area contributed by atoms with Crippen LogP contribution >= 0.6 is 0 Å². The molecule has 0 radical (unpaired) electrons. The van der Waals surface area contributed by atoms with E-state index >= 15 is 0 Å². The molecule has 1 aliphatic carbocycles. The molecule has 0 bridgehead atoms. The molecule has 1 heterocycles. The standard InChI is InChI=1S/C13H19NO4/c1-2-7-18-12(17)14-6-4-3-5-13(14)8-10(9-13)11(15)16/h2,10H,1,3-9H2,(H,15,16). The van der Waals surface area contributed by atoms with Gasteiger partial charge in [0, 0.05) is 12.1 Å². The predicted molar refractivity (Wildman–Crippen MR) is 65.2 cm³/mol. The van der Waals surface area contributed by atoms with Crippen LogP contribution in [0.5, 0.6) is 0 Å². The topological polar surface area (TPSA) is 66.8 Å². The predicted octanol–water partition coefficient (Wildman–Crippen LogP) is 2.03. The number of carboxylic acid groups (broad SMARTS) is 1. The Kier molecular flexibility index (Phi) is 3.59. The van der Waals surface area contributed by atoms with Crippen molar-refractivity contribution >= 4 is 12.1 Å². The van der Waals surface area contributed by atoms with E-state index in [2.05, 4.69) is 6.58 Å². The molecule has 100 valence electrons. The number of carbonyl (C=O) groups excluding carboxylic acids is 1. The number of hydrogen-bond donors (Lipinski definition) is 1. The quantitative estimate of drug-likeness (QED) is 0.781. The number of hydrogen-bond acceptors (Lipinski definition) is 3. The average molecular weight is 253 g/mol. The Bertz CT molecular complexity index is 360. The number of rotatable bonds is 3. The molecule has 1 amide bonds. The molecular weight excluding hydrogens is 234 g/mol. The third-order valence-electron chi connectivity index (χ3n) is 3.99. The van der Waals surface area contributed by atoms with Crippen molar-refractivity contribution in [3.05, 3.63) is 12.7 Å². The zero-order valence-corrected chi connectivity index (χ0v) is 10.4. The molecule has 2 fully saturated rings. The van der Waals surface area contributed by atoms with Gasteiger partial charge in [-0.15, -0.1) is 0 Å². The van der Waals surface area contributed by atoms with E-state index in [-0.39, 0.29) is 24.2 Å². The van der Waals surface area contributed by atoms with Crippen LogP contribution in [-0.2, 0) is 9.53 Å². The van der Waals surface area contributed by atoms with Gasteiger partial charge in [-0.1, -0.05) is 12.7 Å². The van der Waals surface area contributed by atoms with E-state index in [0.29, 0.717) is 19.4 Å². The van der Waals surface area contributed by atoms with Crippen LogP contribution in [0.4, 0.5) is 4.79 Å². The third-order valence-corrected chi connectivity index (χ3v) is 3.99. The second kappa shape index (κ2) is 5.00. The van der Waals surface area contributed by atoms with Crippen molar-refractivity contribution in [2.45, 2.75) is 37.6 Å². The molecule has 5 heteroatoms. The van der Waals surface area contributed by atoms with Crippen LogP contribution in [-0.4, -0.2) is 40.8 Å². The minimum atomic E-state index is -0.759. The number of aliphatic carboxylic acids is 1. The van der Waals surface area contributed by atoms with E-state index in [9.17, 15) is 9.59 Å². The lowest BCUT2D eigenvalue weighted by Crippen LogP contribution is -2.62. The second-order valence-electron chi connectivity index (χ2n) is 5.14. The van der Waals surface area contributed by atoms with Gasteiger partial charge in [-0.2, -0.15) is 0 Å². The molecular formula is C13H19NO4. The van der Waals surface area contributed by atoms with Crippen LogP contribution in [0.3, 0.4) is 0 Å². The minimum absolute atomic E-state index is 0.202. The van der Waals surface area contributed by atoms with E-state index in [1.165, 1.54) is 6.08 Å². The largest absolute Gasteiger partial charge is 0.481 e. The van der Waals surface area contributed by atoms with Gasteiger partial charge in [0.2, 0.25) is 0 Å². The first-order chi connectivity index (χ1) is 8.59. The minimum Gasteiger partial charge on any atom is -0.481 e. The highest BCUT2D eigenvalue weighted by atomic mass is 16.6. The van der Waals surface area contributed by atoms with E-state index in [0.717, 1.165) is 19.3 Å². The average Bonchev–Trinajstić information content (AvgIpc) is 2.32. The van der Waals surface area contributed by atoms with Gasteiger partial charge in [0.05, 0.1) is 5.92 Å². The van der Waals surface area contributed by atoms with Gasteiger partial charge in [0.25, 0.3) is 0 Å². The summed E-state index contributed by atoms with van der Waals surface area (Å²) in [5.41, 5.74) is -0.264. The van der Waals surface area contributed by atoms with Gasteiger partial charge in [0.15, 0.2) is 0 Å². The van der Waals surface area contributed by atoms with Crippen molar-refractivity contribution < 1.29 is 19.4 Å². The Balaban J connectivity index is 2.01.